The fourth-order valence-corrected chi connectivity index (χ4v) is 2.72. The number of hydrogen-bond donors (Lipinski definition) is 0. The van der Waals surface area contributed by atoms with Crippen molar-refractivity contribution < 1.29 is 9.53 Å². The van der Waals surface area contributed by atoms with Crippen molar-refractivity contribution in [1.29, 1.82) is 0 Å². The summed E-state index contributed by atoms with van der Waals surface area (Å²) in [7, 11) is 0. The van der Waals surface area contributed by atoms with Crippen molar-refractivity contribution in [3.63, 3.8) is 0 Å². The molecule has 0 spiro atoms. The molecule has 0 aliphatic rings. The summed E-state index contributed by atoms with van der Waals surface area (Å²) in [6.07, 6.45) is 5.39. The van der Waals surface area contributed by atoms with E-state index in [9.17, 15) is 4.79 Å². The zero-order valence-corrected chi connectivity index (χ0v) is 15.9. The molecule has 3 nitrogen and oxygen atoms in total. The first-order valence-corrected chi connectivity index (χ1v) is 9.26. The van der Waals surface area contributed by atoms with Crippen LogP contribution in [0.2, 0.25) is 0 Å². The number of ether oxygens (including phenoxy) is 1. The molecule has 1 atom stereocenters. The Morgan fingerprint density at radius 2 is 1.88 bits per heavy atom. The summed E-state index contributed by atoms with van der Waals surface area (Å²) in [6, 6.07) is 12.0. The average Bonchev–Trinajstić information content (AvgIpc) is 2.61. The van der Waals surface area contributed by atoms with E-state index in [-0.39, 0.29) is 5.78 Å². The zero-order chi connectivity index (χ0) is 18.8. The predicted molar refractivity (Wildman–Crippen MR) is 105 cm³/mol. The van der Waals surface area contributed by atoms with Gasteiger partial charge in [-0.3, -0.25) is 0 Å². The monoisotopic (exact) mass is 349 g/mol. The van der Waals surface area contributed by atoms with Gasteiger partial charge in [0.05, 0.1) is 6.61 Å². The molecule has 1 unspecified atom stereocenters. The summed E-state index contributed by atoms with van der Waals surface area (Å²) in [5.74, 6) is 7.58. The molecule has 0 radical (unpaired) electrons. The highest BCUT2D eigenvalue weighted by atomic mass is 16.5. The minimum atomic E-state index is 0.246. The van der Waals surface area contributed by atoms with E-state index < -0.39 is 0 Å². The fourth-order valence-electron chi connectivity index (χ4n) is 2.72. The average molecular weight is 349 g/mol. The molecular weight excluding hydrogens is 322 g/mol. The molecule has 0 aliphatic heterocycles. The summed E-state index contributed by atoms with van der Waals surface area (Å²) in [6.45, 7) is 6.57. The van der Waals surface area contributed by atoms with Crippen LogP contribution in [0.15, 0.2) is 42.6 Å². The summed E-state index contributed by atoms with van der Waals surface area (Å²) >= 11 is 0. The largest absolute Gasteiger partial charge is 0.478 e. The zero-order valence-electron chi connectivity index (χ0n) is 15.9. The Labute approximate surface area is 156 Å². The number of rotatable bonds is 8. The van der Waals surface area contributed by atoms with Gasteiger partial charge < -0.3 is 9.53 Å². The maximum absolute atomic E-state index is 11.2. The van der Waals surface area contributed by atoms with Crippen LogP contribution in [0.4, 0.5) is 0 Å². The van der Waals surface area contributed by atoms with Crippen molar-refractivity contribution in [2.24, 2.45) is 5.92 Å². The molecule has 0 amide bonds. The number of ketones is 1. The van der Waals surface area contributed by atoms with Gasteiger partial charge in [-0.15, -0.1) is 0 Å². The van der Waals surface area contributed by atoms with Crippen molar-refractivity contribution in [1.82, 2.24) is 4.98 Å². The molecule has 3 heteroatoms. The standard InChI is InChI=1S/C23H27NO2/c1-4-5-14-26-23-17-22(12-13-24-23)11-8-20-6-9-21(10-7-20)16-18(2)15-19(3)25/h6-7,9-10,12-13,17-18H,4-5,14-16H2,1-3H3. The second-order valence-corrected chi connectivity index (χ2v) is 6.75. The third-order valence-corrected chi connectivity index (χ3v) is 4.01. The Hall–Kier alpha value is -2.60. The first-order valence-electron chi connectivity index (χ1n) is 9.26. The van der Waals surface area contributed by atoms with Gasteiger partial charge in [0.25, 0.3) is 0 Å². The van der Waals surface area contributed by atoms with Gasteiger partial charge in [0, 0.05) is 29.8 Å². The summed E-state index contributed by atoms with van der Waals surface area (Å²) < 4.78 is 5.62. The third kappa shape index (κ3) is 7.11. The van der Waals surface area contributed by atoms with E-state index in [1.165, 1.54) is 5.56 Å². The Morgan fingerprint density at radius 1 is 1.15 bits per heavy atom. The second kappa shape index (κ2) is 10.4. The van der Waals surface area contributed by atoms with Crippen LogP contribution in [-0.4, -0.2) is 17.4 Å². The van der Waals surface area contributed by atoms with Crippen LogP contribution in [0.3, 0.4) is 0 Å². The SMILES string of the molecule is CCCCOc1cc(C#Cc2ccc(CC(C)CC(C)=O)cc2)ccn1. The maximum atomic E-state index is 11.2. The molecule has 1 aromatic heterocycles. The minimum absolute atomic E-state index is 0.246. The van der Waals surface area contributed by atoms with Crippen LogP contribution in [0.1, 0.15) is 56.7 Å². The van der Waals surface area contributed by atoms with E-state index >= 15 is 0 Å². The molecule has 0 saturated carbocycles. The first-order chi connectivity index (χ1) is 12.6. The van der Waals surface area contributed by atoms with Gasteiger partial charge in [0.2, 0.25) is 5.88 Å². The Kier molecular flexibility index (Phi) is 7.89. The van der Waals surface area contributed by atoms with E-state index in [2.05, 4.69) is 42.8 Å². The van der Waals surface area contributed by atoms with Crippen LogP contribution in [0.5, 0.6) is 5.88 Å². The summed E-state index contributed by atoms with van der Waals surface area (Å²) in [5, 5.41) is 0. The molecule has 0 fully saturated rings. The third-order valence-electron chi connectivity index (χ3n) is 4.01. The van der Waals surface area contributed by atoms with Crippen LogP contribution in [-0.2, 0) is 11.2 Å². The molecule has 1 aromatic carbocycles. The van der Waals surface area contributed by atoms with Crippen molar-refractivity contribution in [2.75, 3.05) is 6.61 Å². The molecule has 0 saturated heterocycles. The number of carbonyl (C=O) groups is 1. The number of nitrogens with zero attached hydrogens (tertiary/aromatic N) is 1. The molecule has 0 N–H and O–H groups in total. The van der Waals surface area contributed by atoms with E-state index in [1.54, 1.807) is 13.1 Å². The Bertz CT molecular complexity index is 769. The van der Waals surface area contributed by atoms with Crippen LogP contribution >= 0.6 is 0 Å². The lowest BCUT2D eigenvalue weighted by Crippen LogP contribution is -2.04. The van der Waals surface area contributed by atoms with Crippen molar-refractivity contribution in [2.45, 2.75) is 46.5 Å². The summed E-state index contributed by atoms with van der Waals surface area (Å²) in [4.78, 5) is 15.4. The van der Waals surface area contributed by atoms with Crippen molar-refractivity contribution in [3.05, 3.63) is 59.3 Å². The highest BCUT2D eigenvalue weighted by Gasteiger charge is 2.06. The van der Waals surface area contributed by atoms with Crippen molar-refractivity contribution in [3.8, 4) is 17.7 Å². The highest BCUT2D eigenvalue weighted by Crippen LogP contribution is 2.13. The lowest BCUT2D eigenvalue weighted by Gasteiger charge is -2.09. The normalized spacial score (nSPS) is 11.3. The van der Waals surface area contributed by atoms with Gasteiger partial charge in [-0.25, -0.2) is 4.98 Å². The number of Topliss-reactive ketones (excluding diaryl/α,β-unsaturated/α-hetero) is 1. The number of unbranched alkanes of at least 4 members (excludes halogenated alkanes) is 1. The fraction of sp³-hybridized carbons (Fsp3) is 0.391. The molecule has 1 heterocycles. The van der Waals surface area contributed by atoms with E-state index in [4.69, 9.17) is 4.74 Å². The molecule has 2 aromatic rings. The number of hydrogen-bond acceptors (Lipinski definition) is 3. The Balaban J connectivity index is 1.97. The number of benzene rings is 1. The minimum Gasteiger partial charge on any atom is -0.478 e. The molecule has 26 heavy (non-hydrogen) atoms. The predicted octanol–water partition coefficient (Wildman–Crippen LogP) is 4.82. The van der Waals surface area contributed by atoms with Gasteiger partial charge in [-0.1, -0.05) is 44.2 Å². The number of carbonyl (C=O) groups excluding carboxylic acids is 1. The molecular formula is C23H27NO2. The number of pyridine rings is 1. The van der Waals surface area contributed by atoms with Crippen molar-refractivity contribution >= 4 is 5.78 Å². The lowest BCUT2D eigenvalue weighted by molar-refractivity contribution is -0.117. The second-order valence-electron chi connectivity index (χ2n) is 6.75. The van der Waals surface area contributed by atoms with Gasteiger partial charge in [0.15, 0.2) is 0 Å². The van der Waals surface area contributed by atoms with Gasteiger partial charge in [-0.05, 0) is 49.4 Å². The van der Waals surface area contributed by atoms with E-state index in [0.29, 0.717) is 24.8 Å². The van der Waals surface area contributed by atoms with Crippen LogP contribution in [0.25, 0.3) is 0 Å². The Morgan fingerprint density at radius 3 is 2.58 bits per heavy atom. The molecule has 2 rings (SSSR count). The van der Waals surface area contributed by atoms with Gasteiger partial charge >= 0.3 is 0 Å². The topological polar surface area (TPSA) is 39.2 Å². The van der Waals surface area contributed by atoms with Crippen LogP contribution in [0, 0.1) is 17.8 Å². The quantitative estimate of drug-likeness (QED) is 0.507. The number of aromatic nitrogens is 1. The van der Waals surface area contributed by atoms with E-state index in [1.807, 2.05) is 24.3 Å². The maximum Gasteiger partial charge on any atom is 0.214 e. The van der Waals surface area contributed by atoms with Crippen LogP contribution < -0.4 is 4.74 Å². The highest BCUT2D eigenvalue weighted by molar-refractivity contribution is 5.75. The molecule has 136 valence electrons. The molecule has 0 bridgehead atoms. The summed E-state index contributed by atoms with van der Waals surface area (Å²) in [5.41, 5.74) is 3.10. The van der Waals surface area contributed by atoms with Gasteiger partial charge in [0.1, 0.15) is 5.78 Å². The first kappa shape index (κ1) is 19.7. The molecule has 0 aliphatic carbocycles. The smallest absolute Gasteiger partial charge is 0.214 e. The lowest BCUT2D eigenvalue weighted by atomic mass is 9.96. The van der Waals surface area contributed by atoms with Gasteiger partial charge in [-0.2, -0.15) is 0 Å². The van der Waals surface area contributed by atoms with E-state index in [0.717, 1.165) is 30.4 Å².